The Morgan fingerprint density at radius 2 is 1.87 bits per heavy atom. The topological polar surface area (TPSA) is 103 Å². The van der Waals surface area contributed by atoms with Crippen LogP contribution < -0.4 is 9.47 Å². The van der Waals surface area contributed by atoms with Crippen molar-refractivity contribution in [3.63, 3.8) is 0 Å². The van der Waals surface area contributed by atoms with Gasteiger partial charge in [0.15, 0.2) is 17.3 Å². The Balaban J connectivity index is 1.44. The lowest BCUT2D eigenvalue weighted by Crippen LogP contribution is -2.44. The van der Waals surface area contributed by atoms with Crippen LogP contribution in [0.4, 0.5) is 0 Å². The largest absolute Gasteiger partial charge is 0.508 e. The molecule has 0 radical (unpaired) electrons. The number of phenolic OH excluding ortho intramolecular Hbond substituents is 1. The highest BCUT2D eigenvalue weighted by atomic mass is 16.6. The summed E-state index contributed by atoms with van der Waals surface area (Å²) in [5.74, 6) is 2.27. The number of fused-ring (bicyclic) bond motifs is 1. The fraction of sp³-hybridized carbons (Fsp3) is 0.364. The normalized spacial score (nSPS) is 20.3. The molecule has 1 atom stereocenters. The van der Waals surface area contributed by atoms with E-state index in [0.717, 1.165) is 11.3 Å². The number of tetrazole rings is 1. The highest BCUT2D eigenvalue weighted by Crippen LogP contribution is 2.39. The number of carbonyl (C=O) groups is 1. The molecule has 0 spiro atoms. The fourth-order valence-electron chi connectivity index (χ4n) is 4.26. The maximum atomic E-state index is 12.8. The summed E-state index contributed by atoms with van der Waals surface area (Å²) in [7, 11) is 0. The van der Waals surface area contributed by atoms with E-state index in [2.05, 4.69) is 15.5 Å². The van der Waals surface area contributed by atoms with Crippen LogP contribution in [0.2, 0.25) is 0 Å². The third-order valence-electron chi connectivity index (χ3n) is 6.00. The standard InChI is InChI=1S/C22H23N5O4/c1-22(10-8-20(29)26(22)11-9-15-2-5-17(28)6-3-15)21-23-24-25-27(21)16-4-7-18-19(14-16)31-13-12-30-18/h2-7,14,28H,8-13H2,1H3. The molecule has 2 aromatic carbocycles. The van der Waals surface area contributed by atoms with Crippen LogP contribution in [0.1, 0.15) is 31.2 Å². The van der Waals surface area contributed by atoms with E-state index in [-0.39, 0.29) is 11.7 Å². The Labute approximate surface area is 179 Å². The number of aromatic hydroxyl groups is 1. The van der Waals surface area contributed by atoms with Crippen molar-refractivity contribution in [2.45, 2.75) is 31.7 Å². The van der Waals surface area contributed by atoms with Crippen LogP contribution in [-0.4, -0.2) is 55.9 Å². The van der Waals surface area contributed by atoms with Crippen LogP contribution in [0.3, 0.4) is 0 Å². The van der Waals surface area contributed by atoms with Gasteiger partial charge in [0.2, 0.25) is 5.91 Å². The molecule has 2 aliphatic rings. The van der Waals surface area contributed by atoms with Gasteiger partial charge in [-0.2, -0.15) is 4.68 Å². The summed E-state index contributed by atoms with van der Waals surface area (Å²) in [5, 5.41) is 21.9. The number of carbonyl (C=O) groups excluding carboxylic acids is 1. The number of benzene rings is 2. The van der Waals surface area contributed by atoms with Crippen molar-refractivity contribution >= 4 is 5.91 Å². The smallest absolute Gasteiger partial charge is 0.223 e. The zero-order chi connectivity index (χ0) is 21.4. The Morgan fingerprint density at radius 1 is 1.10 bits per heavy atom. The monoisotopic (exact) mass is 421 g/mol. The molecule has 1 amide bonds. The summed E-state index contributed by atoms with van der Waals surface area (Å²) in [6.07, 6.45) is 1.75. The minimum atomic E-state index is -0.634. The van der Waals surface area contributed by atoms with Crippen LogP contribution in [-0.2, 0) is 16.8 Å². The van der Waals surface area contributed by atoms with Crippen molar-refractivity contribution in [3.05, 3.63) is 53.9 Å². The fourth-order valence-corrected chi connectivity index (χ4v) is 4.26. The molecule has 1 fully saturated rings. The predicted molar refractivity (Wildman–Crippen MR) is 110 cm³/mol. The third-order valence-corrected chi connectivity index (χ3v) is 6.00. The first-order chi connectivity index (χ1) is 15.0. The zero-order valence-electron chi connectivity index (χ0n) is 17.2. The summed E-state index contributed by atoms with van der Waals surface area (Å²) in [5.41, 5.74) is 1.17. The van der Waals surface area contributed by atoms with E-state index in [9.17, 15) is 9.90 Å². The highest BCUT2D eigenvalue weighted by molar-refractivity contribution is 5.79. The summed E-state index contributed by atoms with van der Waals surface area (Å²) in [6, 6.07) is 12.6. The van der Waals surface area contributed by atoms with Crippen LogP contribution in [0, 0.1) is 0 Å². The first-order valence-electron chi connectivity index (χ1n) is 10.3. The number of amides is 1. The summed E-state index contributed by atoms with van der Waals surface area (Å²) in [6.45, 7) is 3.57. The first-order valence-corrected chi connectivity index (χ1v) is 10.3. The molecule has 1 N–H and O–H groups in total. The van der Waals surface area contributed by atoms with Crippen molar-refractivity contribution < 1.29 is 19.4 Å². The number of nitrogens with zero attached hydrogens (tertiary/aromatic N) is 5. The van der Waals surface area contributed by atoms with Gasteiger partial charge in [-0.15, -0.1) is 5.10 Å². The van der Waals surface area contributed by atoms with E-state index in [1.807, 2.05) is 42.2 Å². The van der Waals surface area contributed by atoms with Gasteiger partial charge in [-0.05, 0) is 60.0 Å². The predicted octanol–water partition coefficient (Wildman–Crippen LogP) is 2.22. The number of phenols is 1. The van der Waals surface area contributed by atoms with Crippen LogP contribution in [0.15, 0.2) is 42.5 Å². The summed E-state index contributed by atoms with van der Waals surface area (Å²) in [4.78, 5) is 14.6. The first kappa shape index (κ1) is 19.3. The Morgan fingerprint density at radius 3 is 2.68 bits per heavy atom. The highest BCUT2D eigenvalue weighted by Gasteiger charge is 2.46. The van der Waals surface area contributed by atoms with Crippen molar-refractivity contribution in [2.24, 2.45) is 0 Å². The van der Waals surface area contributed by atoms with Gasteiger partial charge < -0.3 is 19.5 Å². The Kier molecular flexibility index (Phi) is 4.72. The lowest BCUT2D eigenvalue weighted by Gasteiger charge is -2.34. The van der Waals surface area contributed by atoms with Crippen LogP contribution >= 0.6 is 0 Å². The molecule has 0 bridgehead atoms. The van der Waals surface area contributed by atoms with Gasteiger partial charge in [0.25, 0.3) is 0 Å². The van der Waals surface area contributed by atoms with Gasteiger partial charge in [0.05, 0.1) is 5.69 Å². The van der Waals surface area contributed by atoms with E-state index in [0.29, 0.717) is 56.3 Å². The molecule has 31 heavy (non-hydrogen) atoms. The number of hydrogen-bond donors (Lipinski definition) is 1. The van der Waals surface area contributed by atoms with E-state index in [1.54, 1.807) is 16.8 Å². The molecule has 9 heteroatoms. The minimum Gasteiger partial charge on any atom is -0.508 e. The second-order valence-corrected chi connectivity index (χ2v) is 7.98. The molecule has 0 aliphatic carbocycles. The van der Waals surface area contributed by atoms with Crippen molar-refractivity contribution in [2.75, 3.05) is 19.8 Å². The summed E-state index contributed by atoms with van der Waals surface area (Å²) >= 11 is 0. The Bertz CT molecular complexity index is 1110. The molecule has 0 saturated carbocycles. The van der Waals surface area contributed by atoms with Crippen molar-refractivity contribution in [1.82, 2.24) is 25.1 Å². The van der Waals surface area contributed by atoms with Crippen molar-refractivity contribution in [1.29, 1.82) is 0 Å². The maximum Gasteiger partial charge on any atom is 0.223 e. The van der Waals surface area contributed by atoms with Crippen LogP contribution in [0.25, 0.3) is 5.69 Å². The molecule has 5 rings (SSSR count). The van der Waals surface area contributed by atoms with Gasteiger partial charge >= 0.3 is 0 Å². The van der Waals surface area contributed by atoms with E-state index < -0.39 is 5.54 Å². The number of ether oxygens (including phenoxy) is 2. The molecule has 9 nitrogen and oxygen atoms in total. The molecule has 3 heterocycles. The summed E-state index contributed by atoms with van der Waals surface area (Å²) < 4.78 is 13.0. The third kappa shape index (κ3) is 3.45. The average molecular weight is 421 g/mol. The molecule has 3 aromatic rings. The number of aromatic nitrogens is 4. The Hall–Kier alpha value is -3.62. The quantitative estimate of drug-likeness (QED) is 0.674. The lowest BCUT2D eigenvalue weighted by molar-refractivity contribution is -0.131. The molecular formula is C22H23N5O4. The molecule has 1 saturated heterocycles. The van der Waals surface area contributed by atoms with Gasteiger partial charge in [-0.3, -0.25) is 4.79 Å². The van der Waals surface area contributed by atoms with Gasteiger partial charge in [-0.25, -0.2) is 0 Å². The van der Waals surface area contributed by atoms with Gasteiger partial charge in [0.1, 0.15) is 24.5 Å². The molecule has 2 aliphatic heterocycles. The molecule has 1 unspecified atom stereocenters. The number of likely N-dealkylation sites (tertiary alicyclic amines) is 1. The maximum absolute atomic E-state index is 12.8. The van der Waals surface area contributed by atoms with Gasteiger partial charge in [-0.1, -0.05) is 12.1 Å². The molecule has 1 aromatic heterocycles. The molecular weight excluding hydrogens is 398 g/mol. The minimum absolute atomic E-state index is 0.0815. The second-order valence-electron chi connectivity index (χ2n) is 7.98. The van der Waals surface area contributed by atoms with E-state index >= 15 is 0 Å². The second kappa shape index (κ2) is 7.57. The van der Waals surface area contributed by atoms with E-state index in [1.165, 1.54) is 0 Å². The zero-order valence-corrected chi connectivity index (χ0v) is 17.2. The van der Waals surface area contributed by atoms with Gasteiger partial charge in [0, 0.05) is 19.0 Å². The van der Waals surface area contributed by atoms with Crippen molar-refractivity contribution in [3.8, 4) is 22.9 Å². The lowest BCUT2D eigenvalue weighted by atomic mass is 9.97. The van der Waals surface area contributed by atoms with Crippen LogP contribution in [0.5, 0.6) is 17.2 Å². The number of hydrogen-bond acceptors (Lipinski definition) is 7. The average Bonchev–Trinajstić information content (AvgIpc) is 3.39. The number of rotatable bonds is 5. The van der Waals surface area contributed by atoms with E-state index in [4.69, 9.17) is 9.47 Å². The SMILES string of the molecule is CC1(c2nnnn2-c2ccc3c(c2)OCCO3)CCC(=O)N1CCc1ccc(O)cc1. The molecule has 160 valence electrons.